The Bertz CT molecular complexity index is 2230. The molecular formula is C43H51N9O6S. The molecule has 6 heterocycles. The van der Waals surface area contributed by atoms with E-state index in [1.54, 1.807) is 103 Å². The molecule has 6 bridgehead atoms. The summed E-state index contributed by atoms with van der Waals surface area (Å²) in [6.45, 7) is 6.21. The molecule has 4 aromatic rings. The largest absolute Gasteiger partial charge is 0.384 e. The highest BCUT2D eigenvalue weighted by atomic mass is 32.2. The molecule has 0 saturated carbocycles. The molecule has 0 spiro atoms. The normalized spacial score (nSPS) is 23.1. The number of hydrogen-bond acceptors (Lipinski definition) is 9. The van der Waals surface area contributed by atoms with Gasteiger partial charge in [-0.05, 0) is 66.8 Å². The Hall–Kier alpha value is -5.94. The van der Waals surface area contributed by atoms with E-state index in [-0.39, 0.29) is 42.8 Å². The van der Waals surface area contributed by atoms with Gasteiger partial charge >= 0.3 is 0 Å². The molecule has 4 atom stereocenters. The van der Waals surface area contributed by atoms with Crippen molar-refractivity contribution in [1.29, 1.82) is 5.41 Å². The summed E-state index contributed by atoms with van der Waals surface area (Å²) in [5, 5.41) is 19.3. The number of benzene rings is 4. The van der Waals surface area contributed by atoms with Crippen LogP contribution < -0.4 is 31.7 Å². The summed E-state index contributed by atoms with van der Waals surface area (Å²) in [5.74, 6) is -2.07. The monoisotopic (exact) mass is 821 g/mol. The predicted molar refractivity (Wildman–Crippen MR) is 227 cm³/mol. The molecule has 4 aromatic carbocycles. The Morgan fingerprint density at radius 3 is 1.73 bits per heavy atom. The number of piperazine rings is 1. The highest BCUT2D eigenvalue weighted by molar-refractivity contribution is 7.88. The first-order chi connectivity index (χ1) is 28.2. The van der Waals surface area contributed by atoms with Gasteiger partial charge in [-0.1, -0.05) is 78.9 Å². The van der Waals surface area contributed by atoms with Gasteiger partial charge in [0.25, 0.3) is 0 Å². The van der Waals surface area contributed by atoms with Crippen molar-refractivity contribution in [3.8, 4) is 0 Å². The minimum atomic E-state index is -4.06. The Morgan fingerprint density at radius 2 is 1.22 bits per heavy atom. The third kappa shape index (κ3) is 11.8. The van der Waals surface area contributed by atoms with Crippen molar-refractivity contribution in [2.75, 3.05) is 36.8 Å². The molecule has 1 fully saturated rings. The van der Waals surface area contributed by atoms with Crippen LogP contribution in [0.1, 0.15) is 41.7 Å². The number of hydrogen-bond donors (Lipinski definition) is 7. The van der Waals surface area contributed by atoms with Gasteiger partial charge in [0.05, 0.1) is 17.8 Å². The number of fused-ring (bicyclic) bond motifs is 1. The number of sulfonamides is 1. The minimum Gasteiger partial charge on any atom is -0.384 e. The van der Waals surface area contributed by atoms with E-state index in [9.17, 15) is 27.6 Å². The number of nitrogens with zero attached hydrogens (tertiary/aromatic N) is 2. The Kier molecular flexibility index (Phi) is 13.9. The summed E-state index contributed by atoms with van der Waals surface area (Å²) in [6, 6.07) is 25.9. The van der Waals surface area contributed by atoms with Crippen molar-refractivity contribution in [2.24, 2.45) is 5.73 Å². The van der Waals surface area contributed by atoms with Gasteiger partial charge in [0.2, 0.25) is 33.7 Å². The molecule has 4 amide bonds. The first-order valence-electron chi connectivity index (χ1n) is 19.6. The van der Waals surface area contributed by atoms with Crippen molar-refractivity contribution in [1.82, 2.24) is 25.2 Å². The molecule has 0 unspecified atom stereocenters. The zero-order valence-electron chi connectivity index (χ0n) is 33.1. The molecule has 6 aliphatic heterocycles. The molecule has 59 heavy (non-hydrogen) atoms. The number of anilines is 2. The number of nitrogen functional groups attached to an aromatic ring is 1. The highest BCUT2D eigenvalue weighted by Gasteiger charge is 2.32. The lowest BCUT2D eigenvalue weighted by atomic mass is 10.0. The summed E-state index contributed by atoms with van der Waals surface area (Å²) in [4.78, 5) is 59.0. The summed E-state index contributed by atoms with van der Waals surface area (Å²) in [7, 11) is -4.06. The van der Waals surface area contributed by atoms with Gasteiger partial charge < -0.3 is 27.0 Å². The van der Waals surface area contributed by atoms with Gasteiger partial charge in [-0.3, -0.25) is 34.4 Å². The van der Waals surface area contributed by atoms with Gasteiger partial charge in [0, 0.05) is 56.1 Å². The number of amides is 4. The molecule has 1 saturated heterocycles. The van der Waals surface area contributed by atoms with E-state index in [0.717, 1.165) is 5.56 Å². The number of nitrogens with two attached hydrogens (primary N) is 1. The maximum atomic E-state index is 14.3. The highest BCUT2D eigenvalue weighted by Crippen LogP contribution is 2.18. The molecule has 0 aromatic heterocycles. The van der Waals surface area contributed by atoms with Crippen LogP contribution in [0, 0.1) is 5.41 Å². The van der Waals surface area contributed by atoms with E-state index < -0.39 is 46.0 Å². The van der Waals surface area contributed by atoms with E-state index >= 15 is 0 Å². The van der Waals surface area contributed by atoms with E-state index in [4.69, 9.17) is 11.1 Å². The molecular weight excluding hydrogens is 771 g/mol. The number of carbonyl (C=O) groups is 4. The van der Waals surface area contributed by atoms with Crippen molar-refractivity contribution >= 4 is 50.9 Å². The Balaban J connectivity index is 1.30. The summed E-state index contributed by atoms with van der Waals surface area (Å²) >= 11 is 0. The molecule has 8 N–H and O–H groups in total. The molecule has 0 radical (unpaired) electrons. The van der Waals surface area contributed by atoms with Crippen molar-refractivity contribution < 1.29 is 27.6 Å². The number of carbonyl (C=O) groups excluding carboxylic acids is 4. The van der Waals surface area contributed by atoms with E-state index in [1.807, 2.05) is 13.8 Å². The second-order valence-corrected chi connectivity index (χ2v) is 16.8. The van der Waals surface area contributed by atoms with Crippen LogP contribution in [-0.2, 0) is 54.3 Å². The number of amidine groups is 1. The zero-order valence-corrected chi connectivity index (χ0v) is 33.9. The lowest BCUT2D eigenvalue weighted by Crippen LogP contribution is -2.56. The molecule has 16 heteroatoms. The van der Waals surface area contributed by atoms with Gasteiger partial charge in [-0.2, -0.15) is 0 Å². The molecule has 10 rings (SSSR count). The van der Waals surface area contributed by atoms with Crippen LogP contribution in [0.4, 0.5) is 11.4 Å². The third-order valence-corrected chi connectivity index (χ3v) is 12.1. The fourth-order valence-electron chi connectivity index (χ4n) is 7.09. The fraction of sp³-hybridized carbons (Fsp3) is 0.326. The Labute approximate surface area is 344 Å². The van der Waals surface area contributed by atoms with Crippen LogP contribution in [0.2, 0.25) is 0 Å². The van der Waals surface area contributed by atoms with Gasteiger partial charge in [-0.25, -0.2) is 13.1 Å². The molecule has 0 aliphatic carbocycles. The smallest absolute Gasteiger partial charge is 0.243 e. The van der Waals surface area contributed by atoms with Crippen LogP contribution in [0.5, 0.6) is 0 Å². The molecule has 15 nitrogen and oxygen atoms in total. The standard InChI is InChI=1S/C43H51N9O6S/c1-28-40(53)47-35-16-10-30(11-17-35)24-37(42(55)46-26-32-8-14-34(15-9-32)39(44)45)49-43(56)38(50-59(57,58)27-33-6-4-3-5-7-33)25-31-12-18-36(19-13-31)48-41(54)29(2)52-22-20-51(28)21-23-52/h3-19,28-29,37-38,50H,20-27H2,1-2H3,(H3,44,45)(H,46,55)(H,47,53)(H,48,54)(H,49,56)/t28-,29-,37+,38-/m1/s1. The first-order valence-corrected chi connectivity index (χ1v) is 21.2. The maximum absolute atomic E-state index is 14.3. The van der Waals surface area contributed by atoms with E-state index in [2.05, 4.69) is 35.8 Å². The minimum absolute atomic E-state index is 0.0477. The summed E-state index contributed by atoms with van der Waals surface area (Å²) < 4.78 is 29.7. The second-order valence-electron chi connectivity index (χ2n) is 15.0. The van der Waals surface area contributed by atoms with Crippen LogP contribution in [0.25, 0.3) is 0 Å². The summed E-state index contributed by atoms with van der Waals surface area (Å²) in [5.41, 5.74) is 9.78. The van der Waals surface area contributed by atoms with Gasteiger partial charge in [0.1, 0.15) is 17.9 Å². The van der Waals surface area contributed by atoms with Crippen molar-refractivity contribution in [3.05, 3.63) is 131 Å². The second kappa shape index (κ2) is 19.2. The lowest BCUT2D eigenvalue weighted by molar-refractivity contribution is -0.129. The third-order valence-electron chi connectivity index (χ3n) is 10.7. The van der Waals surface area contributed by atoms with Crippen LogP contribution in [-0.4, -0.2) is 98.0 Å². The number of nitrogens with one attached hydrogen (secondary N) is 6. The number of rotatable bonds is 8. The van der Waals surface area contributed by atoms with Crippen LogP contribution in [0.3, 0.4) is 0 Å². The SMILES string of the molecule is C[C@@H]1C(=O)Nc2ccc(cc2)C[C@@H](C(=O)NCc2ccc(C(=N)N)cc2)NC(=O)[C@H](NS(=O)(=O)Cc2ccccc2)Cc2ccc(cc2)NC(=O)[C@@H](C)N2CCN1CC2. The average Bonchev–Trinajstić information content (AvgIpc) is 3.23. The average molecular weight is 822 g/mol. The first kappa shape index (κ1) is 42.7. The Morgan fingerprint density at radius 1 is 0.712 bits per heavy atom. The van der Waals surface area contributed by atoms with Crippen molar-refractivity contribution in [3.63, 3.8) is 0 Å². The van der Waals surface area contributed by atoms with Gasteiger partial charge in [-0.15, -0.1) is 0 Å². The quantitative estimate of drug-likeness (QED) is 0.102. The maximum Gasteiger partial charge on any atom is 0.243 e. The van der Waals surface area contributed by atoms with Gasteiger partial charge in [0.15, 0.2) is 0 Å². The van der Waals surface area contributed by atoms with E-state index in [0.29, 0.717) is 59.8 Å². The molecule has 310 valence electrons. The topological polar surface area (TPSA) is 219 Å². The van der Waals surface area contributed by atoms with Crippen molar-refractivity contribution in [2.45, 2.75) is 63.2 Å². The fourth-order valence-corrected chi connectivity index (χ4v) is 8.43. The van der Waals surface area contributed by atoms with E-state index in [1.165, 1.54) is 0 Å². The lowest BCUT2D eigenvalue weighted by Gasteiger charge is -2.39. The van der Waals surface area contributed by atoms with Crippen LogP contribution >= 0.6 is 0 Å². The zero-order chi connectivity index (χ0) is 42.1. The molecule has 6 aliphatic rings. The summed E-state index contributed by atoms with van der Waals surface area (Å²) in [6.07, 6.45) is -0.00945. The van der Waals surface area contributed by atoms with Crippen LogP contribution in [0.15, 0.2) is 103 Å². The predicted octanol–water partition coefficient (Wildman–Crippen LogP) is 2.33.